The lowest BCUT2D eigenvalue weighted by molar-refractivity contribution is -0.137. The fourth-order valence-corrected chi connectivity index (χ4v) is 5.02. The number of urea groups is 1. The molecule has 1 spiro atoms. The van der Waals surface area contributed by atoms with Crippen LogP contribution in [0.1, 0.15) is 37.7 Å². The van der Waals surface area contributed by atoms with E-state index in [1.165, 1.54) is 12.1 Å². The van der Waals surface area contributed by atoms with Crippen LogP contribution in [0.15, 0.2) is 53.0 Å². The van der Waals surface area contributed by atoms with Crippen molar-refractivity contribution in [1.82, 2.24) is 4.90 Å². The predicted octanol–water partition coefficient (Wildman–Crippen LogP) is 6.05. The molecule has 1 aliphatic carbocycles. The minimum Gasteiger partial charge on any atom is -0.325 e. The van der Waals surface area contributed by atoms with E-state index in [1.54, 1.807) is 9.80 Å². The quantitative estimate of drug-likeness (QED) is 0.545. The highest BCUT2D eigenvalue weighted by Crippen LogP contribution is 2.41. The zero-order valence-corrected chi connectivity index (χ0v) is 18.9. The highest BCUT2D eigenvalue weighted by molar-refractivity contribution is 9.10. The van der Waals surface area contributed by atoms with Gasteiger partial charge in [0, 0.05) is 15.8 Å². The monoisotopic (exact) mass is 509 g/mol. The van der Waals surface area contributed by atoms with Gasteiger partial charge in [-0.25, -0.2) is 4.79 Å². The van der Waals surface area contributed by atoms with E-state index in [9.17, 15) is 22.8 Å². The zero-order valence-electron chi connectivity index (χ0n) is 17.3. The first kappa shape index (κ1) is 22.6. The Kier molecular flexibility index (Phi) is 6.20. The summed E-state index contributed by atoms with van der Waals surface area (Å²) < 4.78 is 39.8. The number of rotatable bonds is 4. The van der Waals surface area contributed by atoms with Crippen molar-refractivity contribution in [1.29, 1.82) is 0 Å². The number of nitrogens with zero attached hydrogens (tertiary/aromatic N) is 2. The summed E-state index contributed by atoms with van der Waals surface area (Å²) in [6.07, 6.45) is 0.0935. The maximum atomic E-state index is 13.4. The van der Waals surface area contributed by atoms with Gasteiger partial charge in [-0.05, 0) is 49.2 Å². The van der Waals surface area contributed by atoms with Crippen LogP contribution in [0.4, 0.5) is 29.3 Å². The highest BCUT2D eigenvalue weighted by Gasteiger charge is 2.50. The van der Waals surface area contributed by atoms with E-state index < -0.39 is 23.2 Å². The summed E-state index contributed by atoms with van der Waals surface area (Å²) in [5.74, 6) is -0.515. The molecule has 9 heteroatoms. The van der Waals surface area contributed by atoms with Crippen LogP contribution in [0, 0.1) is 0 Å². The topological polar surface area (TPSA) is 52.7 Å². The minimum atomic E-state index is -4.50. The Morgan fingerprint density at radius 1 is 1.06 bits per heavy atom. The molecule has 0 unspecified atom stereocenters. The Labute approximate surface area is 192 Å². The Bertz CT molecular complexity index is 1020. The van der Waals surface area contributed by atoms with Crippen LogP contribution < -0.4 is 10.2 Å². The lowest BCUT2D eigenvalue weighted by atomic mass is 9.81. The molecule has 2 fully saturated rings. The van der Waals surface area contributed by atoms with E-state index in [0.717, 1.165) is 54.4 Å². The van der Waals surface area contributed by atoms with Gasteiger partial charge >= 0.3 is 12.2 Å². The van der Waals surface area contributed by atoms with E-state index in [-0.39, 0.29) is 18.3 Å². The van der Waals surface area contributed by atoms with Crippen LogP contribution in [-0.2, 0) is 11.0 Å². The molecule has 1 N–H and O–H groups in total. The number of hydrogen-bond acceptors (Lipinski definition) is 2. The van der Waals surface area contributed by atoms with Crippen molar-refractivity contribution in [2.24, 2.45) is 0 Å². The van der Waals surface area contributed by atoms with Crippen LogP contribution in [-0.4, -0.2) is 35.5 Å². The SMILES string of the molecule is O=C(CN1C(=O)N(c2cccc(Br)c2)CC12CCCCC2)Nc1cccc(C(F)(F)F)c1. The standard InChI is InChI=1S/C23H23BrF3N3O2/c24-17-7-5-9-19(13-17)29-15-22(10-2-1-3-11-22)30(21(29)32)14-20(31)28-18-8-4-6-16(12-18)23(25,26)27/h4-9,12-13H,1-3,10-11,14-15H2,(H,28,31). The largest absolute Gasteiger partial charge is 0.416 e. The third-order valence-corrected chi connectivity index (χ3v) is 6.66. The molecule has 0 radical (unpaired) electrons. The second kappa shape index (κ2) is 8.77. The Hall–Kier alpha value is -2.55. The van der Waals surface area contributed by atoms with Gasteiger partial charge in [0.05, 0.1) is 17.6 Å². The van der Waals surface area contributed by atoms with Gasteiger partial charge in [-0.15, -0.1) is 0 Å². The van der Waals surface area contributed by atoms with Gasteiger partial charge in [-0.1, -0.05) is 47.3 Å². The van der Waals surface area contributed by atoms with Crippen molar-refractivity contribution in [3.63, 3.8) is 0 Å². The molecule has 32 heavy (non-hydrogen) atoms. The van der Waals surface area contributed by atoms with Crippen molar-refractivity contribution >= 4 is 39.2 Å². The maximum Gasteiger partial charge on any atom is 0.416 e. The Morgan fingerprint density at radius 3 is 2.47 bits per heavy atom. The molecule has 2 aromatic rings. The molecule has 170 valence electrons. The summed E-state index contributed by atoms with van der Waals surface area (Å²) in [6.45, 7) is 0.276. The van der Waals surface area contributed by atoms with Gasteiger partial charge in [0.2, 0.25) is 5.91 Å². The third-order valence-electron chi connectivity index (χ3n) is 6.17. The van der Waals surface area contributed by atoms with E-state index >= 15 is 0 Å². The second-order valence-corrected chi connectivity index (χ2v) is 9.26. The fraction of sp³-hybridized carbons (Fsp3) is 0.391. The molecule has 0 atom stereocenters. The summed E-state index contributed by atoms with van der Waals surface area (Å²) >= 11 is 3.43. The summed E-state index contributed by atoms with van der Waals surface area (Å²) in [5, 5.41) is 2.53. The van der Waals surface area contributed by atoms with Crippen LogP contribution in [0.5, 0.6) is 0 Å². The smallest absolute Gasteiger partial charge is 0.325 e. The average molecular weight is 510 g/mol. The lowest BCUT2D eigenvalue weighted by Crippen LogP contribution is -2.51. The van der Waals surface area contributed by atoms with Gasteiger partial charge in [-0.3, -0.25) is 9.69 Å². The number of benzene rings is 2. The zero-order chi connectivity index (χ0) is 22.9. The van der Waals surface area contributed by atoms with Gasteiger partial charge in [0.25, 0.3) is 0 Å². The number of anilines is 2. The summed E-state index contributed by atoms with van der Waals surface area (Å²) in [7, 11) is 0. The number of halogens is 4. The van der Waals surface area contributed by atoms with E-state index in [4.69, 9.17) is 0 Å². The maximum absolute atomic E-state index is 13.4. The second-order valence-electron chi connectivity index (χ2n) is 8.35. The number of amides is 3. The predicted molar refractivity (Wildman–Crippen MR) is 119 cm³/mol. The van der Waals surface area contributed by atoms with Crippen molar-refractivity contribution < 1.29 is 22.8 Å². The number of carbonyl (C=O) groups is 2. The van der Waals surface area contributed by atoms with Crippen molar-refractivity contribution in [2.45, 2.75) is 43.8 Å². The summed E-state index contributed by atoms with van der Waals surface area (Å²) in [6, 6.07) is 11.7. The summed E-state index contributed by atoms with van der Waals surface area (Å²) in [4.78, 5) is 29.5. The molecule has 1 aliphatic heterocycles. The first-order valence-corrected chi connectivity index (χ1v) is 11.3. The summed E-state index contributed by atoms with van der Waals surface area (Å²) in [5.41, 5.74) is -0.492. The molecule has 5 nitrogen and oxygen atoms in total. The van der Waals surface area contributed by atoms with Crippen molar-refractivity contribution in [2.75, 3.05) is 23.3 Å². The first-order valence-electron chi connectivity index (χ1n) is 10.5. The van der Waals surface area contributed by atoms with Crippen molar-refractivity contribution in [3.05, 3.63) is 58.6 Å². The molecule has 0 aromatic heterocycles. The molecule has 3 amide bonds. The van der Waals surface area contributed by atoms with E-state index in [2.05, 4.69) is 21.2 Å². The number of nitrogens with one attached hydrogen (secondary N) is 1. The average Bonchev–Trinajstić information content (AvgIpc) is 3.00. The van der Waals surface area contributed by atoms with Crippen molar-refractivity contribution in [3.8, 4) is 0 Å². The van der Waals surface area contributed by atoms with Crippen LogP contribution >= 0.6 is 15.9 Å². The molecule has 1 saturated carbocycles. The number of alkyl halides is 3. The van der Waals surface area contributed by atoms with Gasteiger partial charge in [0.15, 0.2) is 0 Å². The first-order chi connectivity index (χ1) is 15.2. The molecule has 2 aromatic carbocycles. The van der Waals surface area contributed by atoms with Crippen LogP contribution in [0.3, 0.4) is 0 Å². The Morgan fingerprint density at radius 2 is 1.78 bits per heavy atom. The lowest BCUT2D eigenvalue weighted by Gasteiger charge is -2.39. The Balaban J connectivity index is 1.55. The number of carbonyl (C=O) groups excluding carboxylic acids is 2. The molecule has 1 heterocycles. The fourth-order valence-electron chi connectivity index (χ4n) is 4.63. The normalized spacial score (nSPS) is 18.3. The van der Waals surface area contributed by atoms with E-state index in [0.29, 0.717) is 6.54 Å². The van der Waals surface area contributed by atoms with Gasteiger partial charge < -0.3 is 10.2 Å². The minimum absolute atomic E-state index is 0.0537. The van der Waals surface area contributed by atoms with Gasteiger partial charge in [-0.2, -0.15) is 13.2 Å². The third kappa shape index (κ3) is 4.62. The molecule has 1 saturated heterocycles. The molecule has 2 aliphatic rings. The highest BCUT2D eigenvalue weighted by atomic mass is 79.9. The van der Waals surface area contributed by atoms with Gasteiger partial charge in [0.1, 0.15) is 6.54 Å². The molecular weight excluding hydrogens is 487 g/mol. The van der Waals surface area contributed by atoms with E-state index in [1.807, 2.05) is 24.3 Å². The molecule has 0 bridgehead atoms. The number of hydrogen-bond donors (Lipinski definition) is 1. The van der Waals surface area contributed by atoms with Crippen LogP contribution in [0.25, 0.3) is 0 Å². The molecule has 4 rings (SSSR count). The van der Waals surface area contributed by atoms with Crippen LogP contribution in [0.2, 0.25) is 0 Å². The molecular formula is C23H23BrF3N3O2.